The summed E-state index contributed by atoms with van der Waals surface area (Å²) in [6.07, 6.45) is 0.740. The Kier molecular flexibility index (Phi) is 5.34. The zero-order chi connectivity index (χ0) is 13.6. The van der Waals surface area contributed by atoms with Crippen LogP contribution in [0.25, 0.3) is 0 Å². The topological polar surface area (TPSA) is 67.3 Å². The summed E-state index contributed by atoms with van der Waals surface area (Å²) < 4.78 is 5.38. The molecular weight excluding hydrogens is 230 g/mol. The van der Waals surface area contributed by atoms with Crippen LogP contribution in [0.2, 0.25) is 0 Å². The molecule has 0 unspecified atom stereocenters. The molecule has 5 heteroatoms. The van der Waals surface area contributed by atoms with E-state index in [9.17, 15) is 0 Å². The monoisotopic (exact) mass is 253 g/mol. The number of hydrogen-bond acceptors (Lipinski definition) is 5. The third kappa shape index (κ3) is 4.87. The summed E-state index contributed by atoms with van der Waals surface area (Å²) in [7, 11) is 0. The van der Waals surface area contributed by atoms with Gasteiger partial charge in [0.15, 0.2) is 0 Å². The molecule has 0 fully saturated rings. The number of nitrogens with one attached hydrogen (secondary N) is 1. The summed E-state index contributed by atoms with van der Waals surface area (Å²) in [6.45, 7) is 9.51. The van der Waals surface area contributed by atoms with Gasteiger partial charge in [-0.2, -0.15) is 4.98 Å². The highest BCUT2D eigenvalue weighted by Crippen LogP contribution is 2.20. The van der Waals surface area contributed by atoms with E-state index in [4.69, 9.17) is 9.84 Å². The number of ether oxygens (including phenoxy) is 1. The van der Waals surface area contributed by atoms with Gasteiger partial charge in [-0.3, -0.25) is 0 Å². The minimum atomic E-state index is 0.00757. The van der Waals surface area contributed by atoms with E-state index < -0.39 is 0 Å². The molecule has 18 heavy (non-hydrogen) atoms. The van der Waals surface area contributed by atoms with Gasteiger partial charge in [-0.15, -0.1) is 0 Å². The maximum absolute atomic E-state index is 8.98. The Morgan fingerprint density at radius 3 is 2.72 bits per heavy atom. The van der Waals surface area contributed by atoms with Crippen molar-refractivity contribution < 1.29 is 9.84 Å². The van der Waals surface area contributed by atoms with E-state index in [0.717, 1.165) is 12.1 Å². The predicted octanol–water partition coefficient (Wildman–Crippen LogP) is 2.00. The lowest BCUT2D eigenvalue weighted by atomic mass is 9.90. The minimum Gasteiger partial charge on any atom is -0.478 e. The van der Waals surface area contributed by atoms with Crippen molar-refractivity contribution in [2.45, 2.75) is 34.1 Å². The van der Waals surface area contributed by atoms with Crippen molar-refractivity contribution in [2.24, 2.45) is 5.41 Å². The lowest BCUT2D eigenvalue weighted by Gasteiger charge is -2.23. The SMILES string of the molecule is CCOc1cc(C)nc(NCC(C)(C)CCO)n1. The molecule has 0 aliphatic heterocycles. The normalized spacial score (nSPS) is 11.4. The van der Waals surface area contributed by atoms with Gasteiger partial charge in [-0.1, -0.05) is 13.8 Å². The number of aliphatic hydroxyl groups is 1. The molecule has 5 nitrogen and oxygen atoms in total. The van der Waals surface area contributed by atoms with Crippen LogP contribution < -0.4 is 10.1 Å². The summed E-state index contributed by atoms with van der Waals surface area (Å²) in [5.41, 5.74) is 0.879. The van der Waals surface area contributed by atoms with E-state index >= 15 is 0 Å². The Labute approximate surface area is 109 Å². The number of aromatic nitrogens is 2. The summed E-state index contributed by atoms with van der Waals surface area (Å²) in [5.74, 6) is 1.16. The van der Waals surface area contributed by atoms with Gasteiger partial charge in [0.1, 0.15) is 0 Å². The zero-order valence-corrected chi connectivity index (χ0v) is 11.7. The van der Waals surface area contributed by atoms with Crippen LogP contribution in [-0.2, 0) is 0 Å². The van der Waals surface area contributed by atoms with E-state index in [1.165, 1.54) is 0 Å². The fourth-order valence-corrected chi connectivity index (χ4v) is 1.55. The second-order valence-electron chi connectivity index (χ2n) is 5.10. The highest BCUT2D eigenvalue weighted by atomic mass is 16.5. The standard InChI is InChI=1S/C13H23N3O2/c1-5-18-11-8-10(2)15-12(16-11)14-9-13(3,4)6-7-17/h8,17H,5-7,9H2,1-4H3,(H,14,15,16). The smallest absolute Gasteiger partial charge is 0.226 e. The third-order valence-electron chi connectivity index (χ3n) is 2.64. The molecule has 0 saturated carbocycles. The van der Waals surface area contributed by atoms with Crippen LogP contribution in [0, 0.1) is 12.3 Å². The molecule has 1 aromatic rings. The molecule has 102 valence electrons. The van der Waals surface area contributed by atoms with Gasteiger partial charge >= 0.3 is 0 Å². The Balaban J connectivity index is 2.66. The molecule has 0 bridgehead atoms. The number of nitrogens with zero attached hydrogens (tertiary/aromatic N) is 2. The molecule has 0 aliphatic rings. The molecule has 0 radical (unpaired) electrons. The Morgan fingerprint density at radius 1 is 1.39 bits per heavy atom. The van der Waals surface area contributed by atoms with Crippen LogP contribution in [0.1, 0.15) is 32.9 Å². The molecule has 2 N–H and O–H groups in total. The predicted molar refractivity (Wildman–Crippen MR) is 71.9 cm³/mol. The molecule has 0 atom stereocenters. The molecular formula is C13H23N3O2. The number of aryl methyl sites for hydroxylation is 1. The average Bonchev–Trinajstić information content (AvgIpc) is 2.26. The lowest BCUT2D eigenvalue weighted by Crippen LogP contribution is -2.25. The van der Waals surface area contributed by atoms with Crippen molar-refractivity contribution in [1.82, 2.24) is 9.97 Å². The molecule has 1 aromatic heterocycles. The van der Waals surface area contributed by atoms with Crippen molar-refractivity contribution in [1.29, 1.82) is 0 Å². The van der Waals surface area contributed by atoms with Crippen molar-refractivity contribution >= 4 is 5.95 Å². The van der Waals surface area contributed by atoms with Crippen LogP contribution in [0.15, 0.2) is 6.07 Å². The van der Waals surface area contributed by atoms with Crippen LogP contribution in [-0.4, -0.2) is 34.8 Å². The zero-order valence-electron chi connectivity index (χ0n) is 11.7. The lowest BCUT2D eigenvalue weighted by molar-refractivity contribution is 0.220. The fourth-order valence-electron chi connectivity index (χ4n) is 1.55. The van der Waals surface area contributed by atoms with Crippen molar-refractivity contribution in [3.05, 3.63) is 11.8 Å². The van der Waals surface area contributed by atoms with Crippen LogP contribution >= 0.6 is 0 Å². The second kappa shape index (κ2) is 6.54. The molecule has 0 aromatic carbocycles. The molecule has 0 amide bonds. The quantitative estimate of drug-likeness (QED) is 0.778. The van der Waals surface area contributed by atoms with Gasteiger partial charge in [0.05, 0.1) is 6.61 Å². The minimum absolute atomic E-state index is 0.00757. The van der Waals surface area contributed by atoms with Gasteiger partial charge < -0.3 is 15.2 Å². The van der Waals surface area contributed by atoms with Crippen LogP contribution in [0.5, 0.6) is 5.88 Å². The largest absolute Gasteiger partial charge is 0.478 e. The van der Waals surface area contributed by atoms with E-state index in [-0.39, 0.29) is 12.0 Å². The molecule has 0 spiro atoms. The highest BCUT2D eigenvalue weighted by Gasteiger charge is 2.17. The maximum atomic E-state index is 8.98. The van der Waals surface area contributed by atoms with E-state index in [1.54, 1.807) is 0 Å². The number of anilines is 1. The van der Waals surface area contributed by atoms with E-state index in [2.05, 4.69) is 29.1 Å². The Morgan fingerprint density at radius 2 is 2.11 bits per heavy atom. The summed E-state index contributed by atoms with van der Waals surface area (Å²) >= 11 is 0. The van der Waals surface area contributed by atoms with Gasteiger partial charge in [-0.25, -0.2) is 4.98 Å². The van der Waals surface area contributed by atoms with Crippen LogP contribution in [0.3, 0.4) is 0 Å². The first kappa shape index (κ1) is 14.7. The summed E-state index contributed by atoms with van der Waals surface area (Å²) in [5, 5.41) is 12.2. The second-order valence-corrected chi connectivity index (χ2v) is 5.10. The van der Waals surface area contributed by atoms with Gasteiger partial charge in [0.25, 0.3) is 0 Å². The van der Waals surface area contributed by atoms with Crippen molar-refractivity contribution in [3.63, 3.8) is 0 Å². The average molecular weight is 253 g/mol. The molecule has 0 aliphatic carbocycles. The van der Waals surface area contributed by atoms with Gasteiger partial charge in [0, 0.05) is 24.9 Å². The molecule has 1 rings (SSSR count). The first-order chi connectivity index (χ1) is 8.46. The maximum Gasteiger partial charge on any atom is 0.226 e. The van der Waals surface area contributed by atoms with Gasteiger partial charge in [-0.05, 0) is 25.7 Å². The first-order valence-corrected chi connectivity index (χ1v) is 6.30. The number of rotatable bonds is 7. The third-order valence-corrected chi connectivity index (χ3v) is 2.64. The number of hydrogen-bond donors (Lipinski definition) is 2. The highest BCUT2D eigenvalue weighted by molar-refractivity contribution is 5.30. The first-order valence-electron chi connectivity index (χ1n) is 6.30. The molecule has 0 saturated heterocycles. The van der Waals surface area contributed by atoms with Gasteiger partial charge in [0.2, 0.25) is 11.8 Å². The van der Waals surface area contributed by atoms with Crippen LogP contribution in [0.4, 0.5) is 5.95 Å². The fraction of sp³-hybridized carbons (Fsp3) is 0.692. The Hall–Kier alpha value is -1.36. The summed E-state index contributed by atoms with van der Waals surface area (Å²) in [6, 6.07) is 1.81. The van der Waals surface area contributed by atoms with Crippen molar-refractivity contribution in [3.8, 4) is 5.88 Å². The molecule has 1 heterocycles. The Bertz CT molecular complexity index is 380. The number of aliphatic hydroxyl groups excluding tert-OH is 1. The van der Waals surface area contributed by atoms with E-state index in [0.29, 0.717) is 25.0 Å². The van der Waals surface area contributed by atoms with Crippen molar-refractivity contribution in [2.75, 3.05) is 25.1 Å². The summed E-state index contributed by atoms with van der Waals surface area (Å²) in [4.78, 5) is 8.59. The van der Waals surface area contributed by atoms with E-state index in [1.807, 2.05) is 19.9 Å².